The zero-order valence-corrected chi connectivity index (χ0v) is 20.2. The molecule has 1 aliphatic heterocycles. The molecule has 0 aliphatic carbocycles. The van der Waals surface area contributed by atoms with Gasteiger partial charge in [0.25, 0.3) is 0 Å². The summed E-state index contributed by atoms with van der Waals surface area (Å²) in [6.45, 7) is 0.879. The number of thiophene rings is 1. The normalized spacial score (nSPS) is 14.9. The molecular weight excluding hydrogens is 540 g/mol. The van der Waals surface area contributed by atoms with Crippen molar-refractivity contribution in [3.63, 3.8) is 0 Å². The van der Waals surface area contributed by atoms with E-state index in [4.69, 9.17) is 4.74 Å². The Kier molecular flexibility index (Phi) is 7.04. The Morgan fingerprint density at radius 2 is 1.89 bits per heavy atom. The Balaban J connectivity index is 1.58. The lowest BCUT2D eigenvalue weighted by atomic mass is 10.2. The summed E-state index contributed by atoms with van der Waals surface area (Å²) in [6.07, 6.45) is -3.04. The van der Waals surface area contributed by atoms with Crippen LogP contribution in [0.25, 0.3) is 10.2 Å². The Bertz CT molecular complexity index is 1350. The predicted molar refractivity (Wildman–Crippen MR) is 116 cm³/mol. The molecule has 198 valence electrons. The van der Waals surface area contributed by atoms with E-state index in [1.165, 1.54) is 16.1 Å². The van der Waals surface area contributed by atoms with Gasteiger partial charge in [-0.2, -0.15) is 36.3 Å². The summed E-state index contributed by atoms with van der Waals surface area (Å²) in [6, 6.07) is 1.66. The van der Waals surface area contributed by atoms with Crippen LogP contribution in [0.2, 0.25) is 0 Å². The van der Waals surface area contributed by atoms with Gasteiger partial charge in [-0.25, -0.2) is 13.1 Å². The number of halogens is 6. The molecule has 10 nitrogen and oxygen atoms in total. The van der Waals surface area contributed by atoms with Crippen molar-refractivity contribution in [2.75, 3.05) is 24.6 Å². The molecule has 1 N–H and O–H groups in total. The number of alkyl halides is 6. The molecule has 1 aliphatic rings. The first-order chi connectivity index (χ1) is 16.8. The van der Waals surface area contributed by atoms with E-state index in [-0.39, 0.29) is 31.5 Å². The first-order valence-electron chi connectivity index (χ1n) is 10.5. The molecule has 0 atom stereocenters. The van der Waals surface area contributed by atoms with Crippen molar-refractivity contribution in [1.29, 1.82) is 0 Å². The van der Waals surface area contributed by atoms with Crippen LogP contribution in [0.15, 0.2) is 6.07 Å². The van der Waals surface area contributed by atoms with Crippen LogP contribution < -0.4 is 14.4 Å². The Morgan fingerprint density at radius 3 is 2.56 bits per heavy atom. The van der Waals surface area contributed by atoms with Gasteiger partial charge in [-0.1, -0.05) is 13.3 Å². The highest BCUT2D eigenvalue weighted by Crippen LogP contribution is 2.36. The molecule has 0 aromatic carbocycles. The molecule has 36 heavy (non-hydrogen) atoms. The van der Waals surface area contributed by atoms with Crippen LogP contribution in [0, 0.1) is 0 Å². The Labute approximate surface area is 204 Å². The van der Waals surface area contributed by atoms with E-state index in [2.05, 4.69) is 20.2 Å². The van der Waals surface area contributed by atoms with E-state index in [0.29, 0.717) is 16.0 Å². The summed E-state index contributed by atoms with van der Waals surface area (Å²) in [5.74, 6) is -0.642. The third-order valence-electron chi connectivity index (χ3n) is 5.14. The average Bonchev–Trinajstić information content (AvgIpc) is 3.38. The molecule has 0 saturated heterocycles. The first kappa shape index (κ1) is 26.3. The zero-order valence-electron chi connectivity index (χ0n) is 18.5. The van der Waals surface area contributed by atoms with E-state index in [1.54, 1.807) is 4.90 Å². The number of hydrogen-bond acceptors (Lipinski definition) is 9. The summed E-state index contributed by atoms with van der Waals surface area (Å²) >= 11 is 1.35. The second-order valence-corrected chi connectivity index (χ2v) is 10.6. The topological polar surface area (TPSA) is 115 Å². The number of sulfonamides is 1. The second kappa shape index (κ2) is 9.62. The van der Waals surface area contributed by atoms with Gasteiger partial charge in [0.2, 0.25) is 5.82 Å². The molecule has 18 heteroatoms. The Morgan fingerprint density at radius 1 is 1.14 bits per heavy atom. The molecule has 0 saturated carbocycles. The minimum atomic E-state index is -5.52. The van der Waals surface area contributed by atoms with E-state index in [0.717, 1.165) is 22.3 Å². The van der Waals surface area contributed by atoms with Crippen LogP contribution in [0.1, 0.15) is 29.9 Å². The molecule has 4 heterocycles. The number of ether oxygens (including phenoxy) is 1. The summed E-state index contributed by atoms with van der Waals surface area (Å²) in [7, 11) is -5.52. The highest BCUT2D eigenvalue weighted by Gasteiger charge is 2.45. The van der Waals surface area contributed by atoms with Gasteiger partial charge >= 0.3 is 27.7 Å². The van der Waals surface area contributed by atoms with Crippen molar-refractivity contribution >= 4 is 37.4 Å². The predicted octanol–water partition coefficient (Wildman–Crippen LogP) is 3.09. The molecule has 0 radical (unpaired) electrons. The van der Waals surface area contributed by atoms with Gasteiger partial charge < -0.3 is 14.2 Å². The maximum Gasteiger partial charge on any atom is 0.511 e. The van der Waals surface area contributed by atoms with Crippen molar-refractivity contribution in [1.82, 2.24) is 29.5 Å². The minimum absolute atomic E-state index is 0.0288. The third-order valence-corrected chi connectivity index (χ3v) is 7.42. The number of nitrogens with zero attached hydrogens (tertiary/aromatic N) is 6. The number of fused-ring (bicyclic) bond motifs is 2. The number of hydrogen-bond donors (Lipinski definition) is 1. The monoisotopic (exact) mass is 559 g/mol. The molecular formula is C18H19F6N7O3S2. The highest BCUT2D eigenvalue weighted by atomic mass is 32.2. The van der Waals surface area contributed by atoms with Gasteiger partial charge in [-0.3, -0.25) is 0 Å². The lowest BCUT2D eigenvalue weighted by molar-refractivity contribution is -0.147. The number of anilines is 1. The van der Waals surface area contributed by atoms with Crippen molar-refractivity contribution < 1.29 is 39.5 Å². The van der Waals surface area contributed by atoms with Gasteiger partial charge in [-0.15, -0.1) is 21.5 Å². The second-order valence-electron chi connectivity index (χ2n) is 7.71. The van der Waals surface area contributed by atoms with E-state index in [9.17, 15) is 34.8 Å². The van der Waals surface area contributed by atoms with Crippen LogP contribution in [-0.2, 0) is 35.7 Å². The van der Waals surface area contributed by atoms with Crippen LogP contribution in [0.4, 0.5) is 32.2 Å². The van der Waals surface area contributed by atoms with E-state index >= 15 is 0 Å². The zero-order chi connectivity index (χ0) is 26.3. The Hall–Kier alpha value is -2.73. The lowest BCUT2D eigenvalue weighted by Crippen LogP contribution is -2.38. The van der Waals surface area contributed by atoms with E-state index in [1.807, 2.05) is 13.0 Å². The van der Waals surface area contributed by atoms with Gasteiger partial charge in [0, 0.05) is 24.5 Å². The summed E-state index contributed by atoms with van der Waals surface area (Å²) in [5, 5.41) is 7.56. The van der Waals surface area contributed by atoms with Crippen molar-refractivity contribution in [3.8, 4) is 6.01 Å². The highest BCUT2D eigenvalue weighted by molar-refractivity contribution is 7.90. The van der Waals surface area contributed by atoms with Crippen molar-refractivity contribution in [2.24, 2.45) is 0 Å². The van der Waals surface area contributed by atoms with Crippen LogP contribution in [-0.4, -0.2) is 58.4 Å². The van der Waals surface area contributed by atoms with Gasteiger partial charge in [0.05, 0.1) is 11.9 Å². The van der Waals surface area contributed by atoms with Crippen molar-refractivity contribution in [2.45, 2.75) is 44.5 Å². The summed E-state index contributed by atoms with van der Waals surface area (Å²) < 4.78 is 107. The fourth-order valence-corrected chi connectivity index (χ4v) is 5.19. The lowest BCUT2D eigenvalue weighted by Gasteiger charge is -2.29. The molecule has 0 unspecified atom stereocenters. The van der Waals surface area contributed by atoms with Gasteiger partial charge in [0.15, 0.2) is 5.82 Å². The quantitative estimate of drug-likeness (QED) is 0.331. The molecule has 0 amide bonds. The van der Waals surface area contributed by atoms with Crippen LogP contribution in [0.3, 0.4) is 0 Å². The van der Waals surface area contributed by atoms with Crippen molar-refractivity contribution in [3.05, 3.63) is 22.6 Å². The summed E-state index contributed by atoms with van der Waals surface area (Å²) in [5.41, 5.74) is -5.46. The molecule has 0 fully saturated rings. The molecule has 3 aromatic rings. The number of rotatable bonds is 8. The maximum atomic E-state index is 13.2. The average molecular weight is 560 g/mol. The molecule has 0 bridgehead atoms. The SMILES string of the molecule is CCCc1cc2c(N3CCn4c(nnc4C(F)(F)F)C3)nc(OCCNS(=O)(=O)C(F)(F)F)nc2s1. The smallest absolute Gasteiger partial charge is 0.462 e. The minimum Gasteiger partial charge on any atom is -0.462 e. The van der Waals surface area contributed by atoms with Crippen LogP contribution >= 0.6 is 11.3 Å². The number of aryl methyl sites for hydroxylation is 1. The molecule has 0 spiro atoms. The van der Waals surface area contributed by atoms with Gasteiger partial charge in [-0.05, 0) is 12.5 Å². The number of aromatic nitrogens is 5. The third kappa shape index (κ3) is 5.34. The van der Waals surface area contributed by atoms with Gasteiger partial charge in [0.1, 0.15) is 17.3 Å². The standard InChI is InChI=1S/C18H19F6N7O3S2/c1-2-3-10-8-11-13(30-5-6-31-12(9-30)28-29-15(31)17(19,20)21)26-16(27-14(11)35-10)34-7-4-25-36(32,33)18(22,23)24/h8,25H,2-7,9H2,1H3. The van der Waals surface area contributed by atoms with E-state index < -0.39 is 40.7 Å². The largest absolute Gasteiger partial charge is 0.511 e. The molecule has 4 rings (SSSR count). The molecule has 3 aromatic heterocycles. The first-order valence-corrected chi connectivity index (χ1v) is 12.8. The summed E-state index contributed by atoms with van der Waals surface area (Å²) in [4.78, 5) is 11.8. The maximum absolute atomic E-state index is 13.2. The number of nitrogens with one attached hydrogen (secondary N) is 1. The fraction of sp³-hybridized carbons (Fsp3) is 0.556. The van der Waals surface area contributed by atoms with Crippen LogP contribution in [0.5, 0.6) is 6.01 Å². The fourth-order valence-electron chi connectivity index (χ4n) is 3.56.